The second-order valence-corrected chi connectivity index (χ2v) is 19.8. The van der Waals surface area contributed by atoms with E-state index < -0.39 is 57.4 Å². The van der Waals surface area contributed by atoms with Gasteiger partial charge in [-0.15, -0.1) is 0 Å². The summed E-state index contributed by atoms with van der Waals surface area (Å²) in [5.74, 6) is -1.16. The molecule has 0 aliphatic rings. The standard InChI is InChI=1S/C52H94NO11P/c1-6-8-10-11-12-13-14-15-16-17-18-19-20-21-22-23-24-25-26-31-35-41-52(58)64-48(46-63-65(59,60)62-44-43-53(3,4)5)45-61-51(57)42-36-40-50(56)49(55)39-34-30-28-27-29-33-38-47(54)37-32-9-7-2/h9,27-30,32-34,38-39,47-50,54-56H,6-8,10-26,31,35-37,40-46H2,1-5H3/b29-27+,30-28-,32-9-,38-33+,39-34-/t47-,48-,49+,50+/m1/s1. The number of phosphoric ester groups is 1. The number of likely N-dealkylation sites (N-methyl/N-ethyl adjacent to an activating group) is 1. The third-order valence-electron chi connectivity index (χ3n) is 10.9. The predicted molar refractivity (Wildman–Crippen MR) is 263 cm³/mol. The van der Waals surface area contributed by atoms with Crippen LogP contribution in [0.25, 0.3) is 0 Å². The molecule has 3 N–H and O–H groups in total. The van der Waals surface area contributed by atoms with Gasteiger partial charge in [0.15, 0.2) is 6.10 Å². The summed E-state index contributed by atoms with van der Waals surface area (Å²) < 4.78 is 33.7. The molecule has 0 radical (unpaired) electrons. The lowest BCUT2D eigenvalue weighted by molar-refractivity contribution is -0.870. The number of esters is 2. The second kappa shape index (κ2) is 42.9. The monoisotopic (exact) mass is 940 g/mol. The van der Waals surface area contributed by atoms with Gasteiger partial charge in [0.25, 0.3) is 7.82 Å². The largest absolute Gasteiger partial charge is 0.756 e. The quantitative estimate of drug-likeness (QED) is 0.0132. The number of rotatable bonds is 45. The molecule has 0 aromatic carbocycles. The molecule has 0 spiro atoms. The van der Waals surface area contributed by atoms with Gasteiger partial charge in [-0.25, -0.2) is 0 Å². The highest BCUT2D eigenvalue weighted by molar-refractivity contribution is 7.45. The Bertz CT molecular complexity index is 1340. The van der Waals surface area contributed by atoms with E-state index in [9.17, 15) is 34.4 Å². The number of aliphatic hydroxyl groups excluding tert-OH is 3. The van der Waals surface area contributed by atoms with Crippen LogP contribution in [0.15, 0.2) is 60.8 Å². The minimum atomic E-state index is -4.71. The van der Waals surface area contributed by atoms with Crippen molar-refractivity contribution in [1.29, 1.82) is 0 Å². The maximum Gasteiger partial charge on any atom is 0.306 e. The normalized spacial score (nSPS) is 15.4. The van der Waals surface area contributed by atoms with Crippen LogP contribution in [0.5, 0.6) is 0 Å². The van der Waals surface area contributed by atoms with E-state index in [2.05, 4.69) is 6.92 Å². The number of carbonyl (C=O) groups excluding carboxylic acids is 2. The highest BCUT2D eigenvalue weighted by Crippen LogP contribution is 2.38. The minimum absolute atomic E-state index is 0.0789. The molecule has 0 aliphatic heterocycles. The van der Waals surface area contributed by atoms with Crippen molar-refractivity contribution in [1.82, 2.24) is 0 Å². The number of hydrogen-bond acceptors (Lipinski definition) is 11. The van der Waals surface area contributed by atoms with Crippen molar-refractivity contribution in [2.45, 2.75) is 212 Å². The summed E-state index contributed by atoms with van der Waals surface area (Å²) in [5.41, 5.74) is 0. The van der Waals surface area contributed by atoms with Crippen molar-refractivity contribution in [2.24, 2.45) is 0 Å². The molecular weight excluding hydrogens is 846 g/mol. The van der Waals surface area contributed by atoms with Gasteiger partial charge in [-0.3, -0.25) is 14.2 Å². The smallest absolute Gasteiger partial charge is 0.306 e. The number of hydrogen-bond donors (Lipinski definition) is 3. The molecule has 0 amide bonds. The maximum absolute atomic E-state index is 12.8. The second-order valence-electron chi connectivity index (χ2n) is 18.4. The molecule has 1 unspecified atom stereocenters. The summed E-state index contributed by atoms with van der Waals surface area (Å²) in [6.07, 6.45) is 42.0. The van der Waals surface area contributed by atoms with E-state index in [0.717, 1.165) is 25.7 Å². The fourth-order valence-electron chi connectivity index (χ4n) is 6.82. The summed E-state index contributed by atoms with van der Waals surface area (Å²) in [6, 6.07) is 0. The van der Waals surface area contributed by atoms with Gasteiger partial charge in [0.1, 0.15) is 19.8 Å². The Morgan fingerprint density at radius 2 is 1.08 bits per heavy atom. The molecule has 0 aromatic rings. The molecule has 5 atom stereocenters. The number of carbonyl (C=O) groups is 2. The fraction of sp³-hybridized carbons (Fsp3) is 0.769. The van der Waals surface area contributed by atoms with E-state index in [1.807, 2.05) is 40.2 Å². The van der Waals surface area contributed by atoms with Crippen LogP contribution in [0, 0.1) is 0 Å². The van der Waals surface area contributed by atoms with Gasteiger partial charge in [-0.05, 0) is 32.1 Å². The zero-order chi connectivity index (χ0) is 48.3. The van der Waals surface area contributed by atoms with Crippen molar-refractivity contribution < 1.29 is 57.4 Å². The Labute approximate surface area is 395 Å². The maximum atomic E-state index is 12.8. The molecule has 0 aromatic heterocycles. The first-order valence-electron chi connectivity index (χ1n) is 25.3. The van der Waals surface area contributed by atoms with Gasteiger partial charge < -0.3 is 43.2 Å². The first-order chi connectivity index (χ1) is 31.2. The Hall–Kier alpha value is -2.41. The molecule has 65 heavy (non-hydrogen) atoms. The van der Waals surface area contributed by atoms with Gasteiger partial charge in [-0.2, -0.15) is 0 Å². The van der Waals surface area contributed by atoms with E-state index in [1.165, 1.54) is 115 Å². The first kappa shape index (κ1) is 62.6. The lowest BCUT2D eigenvalue weighted by atomic mass is 10.0. The van der Waals surface area contributed by atoms with Gasteiger partial charge in [-0.1, -0.05) is 203 Å². The van der Waals surface area contributed by atoms with E-state index in [-0.39, 0.29) is 32.3 Å². The van der Waals surface area contributed by atoms with Crippen LogP contribution in [-0.2, 0) is 32.7 Å². The van der Waals surface area contributed by atoms with Crippen LogP contribution >= 0.6 is 7.82 Å². The highest BCUT2D eigenvalue weighted by Gasteiger charge is 2.22. The van der Waals surface area contributed by atoms with Crippen LogP contribution < -0.4 is 4.89 Å². The van der Waals surface area contributed by atoms with Crippen molar-refractivity contribution in [3.05, 3.63) is 60.8 Å². The zero-order valence-corrected chi connectivity index (χ0v) is 42.4. The SMILES string of the molecule is CC/C=C\C[C@@H](O)/C=C/C=C/C=C\C=C/[C@H](O)[C@@H](O)CCCC(=O)OC[C@H](COP(=O)([O-])OCC[N+](C)(C)C)OC(=O)CCCCCCCCCCCCCCCCCCCCCCC. The van der Waals surface area contributed by atoms with Gasteiger partial charge in [0.05, 0.1) is 46.1 Å². The Morgan fingerprint density at radius 1 is 0.600 bits per heavy atom. The average molecular weight is 940 g/mol. The number of phosphoric acid groups is 1. The fourth-order valence-corrected chi connectivity index (χ4v) is 7.55. The van der Waals surface area contributed by atoms with Crippen LogP contribution in [0.2, 0.25) is 0 Å². The summed E-state index contributed by atoms with van der Waals surface area (Å²) >= 11 is 0. The summed E-state index contributed by atoms with van der Waals surface area (Å²) in [5, 5.41) is 30.5. The molecule has 378 valence electrons. The number of allylic oxidation sites excluding steroid dienone is 7. The lowest BCUT2D eigenvalue weighted by Gasteiger charge is -2.28. The van der Waals surface area contributed by atoms with Gasteiger partial charge in [0, 0.05) is 12.8 Å². The summed E-state index contributed by atoms with van der Waals surface area (Å²) in [4.78, 5) is 37.8. The van der Waals surface area contributed by atoms with Crippen molar-refractivity contribution in [2.75, 3.05) is 47.5 Å². The average Bonchev–Trinajstić information content (AvgIpc) is 3.25. The van der Waals surface area contributed by atoms with E-state index in [0.29, 0.717) is 23.9 Å². The topological polar surface area (TPSA) is 172 Å². The number of unbranched alkanes of at least 4 members (excludes halogenated alkanes) is 20. The molecule has 0 saturated carbocycles. The van der Waals surface area contributed by atoms with Crippen LogP contribution in [-0.4, -0.2) is 104 Å². The third-order valence-corrected chi connectivity index (χ3v) is 11.9. The minimum Gasteiger partial charge on any atom is -0.756 e. The highest BCUT2D eigenvalue weighted by atomic mass is 31.2. The molecule has 0 heterocycles. The van der Waals surface area contributed by atoms with Crippen LogP contribution in [0.4, 0.5) is 0 Å². The van der Waals surface area contributed by atoms with Crippen LogP contribution in [0.1, 0.15) is 187 Å². The molecule has 0 aliphatic carbocycles. The van der Waals surface area contributed by atoms with E-state index in [4.69, 9.17) is 18.5 Å². The zero-order valence-electron chi connectivity index (χ0n) is 41.5. The number of aliphatic hydroxyl groups is 3. The Balaban J connectivity index is 4.52. The number of nitrogens with zero attached hydrogens (tertiary/aromatic N) is 1. The Morgan fingerprint density at radius 3 is 1.58 bits per heavy atom. The molecular formula is C52H94NO11P. The molecule has 0 saturated heterocycles. The molecule has 12 nitrogen and oxygen atoms in total. The Kier molecular flexibility index (Phi) is 41.3. The van der Waals surface area contributed by atoms with E-state index >= 15 is 0 Å². The molecule has 0 fully saturated rings. The van der Waals surface area contributed by atoms with Crippen molar-refractivity contribution in [3.63, 3.8) is 0 Å². The van der Waals surface area contributed by atoms with Crippen LogP contribution in [0.3, 0.4) is 0 Å². The lowest BCUT2D eigenvalue weighted by Crippen LogP contribution is -2.37. The molecule has 0 bridgehead atoms. The summed E-state index contributed by atoms with van der Waals surface area (Å²) in [7, 11) is 0.975. The number of quaternary nitrogens is 1. The van der Waals surface area contributed by atoms with Crippen molar-refractivity contribution >= 4 is 19.8 Å². The summed E-state index contributed by atoms with van der Waals surface area (Å²) in [6.45, 7) is 3.66. The predicted octanol–water partition coefficient (Wildman–Crippen LogP) is 11.1. The molecule has 0 rings (SSSR count). The van der Waals surface area contributed by atoms with Gasteiger partial charge in [0.2, 0.25) is 0 Å². The molecule has 13 heteroatoms. The van der Waals surface area contributed by atoms with Crippen molar-refractivity contribution in [3.8, 4) is 0 Å². The number of ether oxygens (including phenoxy) is 2. The first-order valence-corrected chi connectivity index (χ1v) is 26.8. The third kappa shape index (κ3) is 45.2. The van der Waals surface area contributed by atoms with E-state index in [1.54, 1.807) is 42.5 Å². The van der Waals surface area contributed by atoms with Gasteiger partial charge >= 0.3 is 11.9 Å².